The average Bonchev–Trinajstić information content (AvgIpc) is 2.32. The van der Waals surface area contributed by atoms with Crippen molar-refractivity contribution in [1.29, 1.82) is 0 Å². The van der Waals surface area contributed by atoms with Crippen LogP contribution in [0.3, 0.4) is 0 Å². The Morgan fingerprint density at radius 2 is 1.94 bits per heavy atom. The first-order valence-corrected chi connectivity index (χ1v) is 7.30. The van der Waals surface area contributed by atoms with Gasteiger partial charge in [0.25, 0.3) is 0 Å². The molecule has 2 rings (SSSR count). The van der Waals surface area contributed by atoms with E-state index in [0.29, 0.717) is 18.2 Å². The van der Waals surface area contributed by atoms with E-state index in [9.17, 15) is 0 Å². The first-order valence-electron chi connectivity index (χ1n) is 7.30. The van der Waals surface area contributed by atoms with E-state index in [0.717, 1.165) is 19.1 Å². The standard InChI is InChI=1S/C14H28N2O/c1-3-14-10-17-11(2)8-16(14)9-12-4-6-13(15)7-5-12/h11-14H,3-10,15H2,1-2H3. The Morgan fingerprint density at radius 3 is 2.59 bits per heavy atom. The van der Waals surface area contributed by atoms with Gasteiger partial charge in [-0.1, -0.05) is 6.92 Å². The van der Waals surface area contributed by atoms with Gasteiger partial charge < -0.3 is 10.5 Å². The van der Waals surface area contributed by atoms with Gasteiger partial charge in [-0.3, -0.25) is 4.90 Å². The van der Waals surface area contributed by atoms with Crippen LogP contribution in [0, 0.1) is 5.92 Å². The second kappa shape index (κ2) is 6.17. The maximum absolute atomic E-state index is 5.97. The fourth-order valence-corrected chi connectivity index (χ4v) is 3.21. The van der Waals surface area contributed by atoms with Gasteiger partial charge in [-0.25, -0.2) is 0 Å². The highest BCUT2D eigenvalue weighted by Crippen LogP contribution is 2.26. The lowest BCUT2D eigenvalue weighted by Gasteiger charge is -2.41. The highest BCUT2D eigenvalue weighted by atomic mass is 16.5. The van der Waals surface area contributed by atoms with Crippen LogP contribution < -0.4 is 5.73 Å². The van der Waals surface area contributed by atoms with Crippen molar-refractivity contribution in [3.63, 3.8) is 0 Å². The van der Waals surface area contributed by atoms with Crippen LogP contribution >= 0.6 is 0 Å². The zero-order valence-corrected chi connectivity index (χ0v) is 11.4. The van der Waals surface area contributed by atoms with Crippen molar-refractivity contribution < 1.29 is 4.74 Å². The molecule has 0 amide bonds. The quantitative estimate of drug-likeness (QED) is 0.820. The molecule has 0 bridgehead atoms. The molecule has 0 aromatic rings. The predicted molar refractivity (Wildman–Crippen MR) is 71.0 cm³/mol. The maximum atomic E-state index is 5.97. The number of hydrogen-bond donors (Lipinski definition) is 1. The van der Waals surface area contributed by atoms with Crippen molar-refractivity contribution >= 4 is 0 Å². The van der Waals surface area contributed by atoms with Gasteiger partial charge in [0.1, 0.15) is 0 Å². The molecule has 1 heterocycles. The zero-order chi connectivity index (χ0) is 12.3. The van der Waals surface area contributed by atoms with E-state index in [-0.39, 0.29) is 0 Å². The molecule has 0 spiro atoms. The van der Waals surface area contributed by atoms with Crippen LogP contribution in [0.25, 0.3) is 0 Å². The Morgan fingerprint density at radius 1 is 1.24 bits per heavy atom. The first kappa shape index (κ1) is 13.3. The number of morpholine rings is 1. The van der Waals surface area contributed by atoms with Crippen LogP contribution in [0.1, 0.15) is 46.0 Å². The van der Waals surface area contributed by atoms with Gasteiger partial charge >= 0.3 is 0 Å². The highest BCUT2D eigenvalue weighted by Gasteiger charge is 2.28. The fourth-order valence-electron chi connectivity index (χ4n) is 3.21. The summed E-state index contributed by atoms with van der Waals surface area (Å²) in [4.78, 5) is 2.66. The molecular weight excluding hydrogens is 212 g/mol. The second-order valence-electron chi connectivity index (χ2n) is 5.94. The molecule has 1 aliphatic heterocycles. The number of rotatable bonds is 3. The second-order valence-corrected chi connectivity index (χ2v) is 5.94. The number of ether oxygens (including phenoxy) is 1. The summed E-state index contributed by atoms with van der Waals surface area (Å²) >= 11 is 0. The van der Waals surface area contributed by atoms with Crippen LogP contribution in [0.15, 0.2) is 0 Å². The van der Waals surface area contributed by atoms with E-state index < -0.39 is 0 Å². The van der Waals surface area contributed by atoms with Crippen LogP contribution in [0.2, 0.25) is 0 Å². The molecular formula is C14H28N2O. The van der Waals surface area contributed by atoms with Crippen LogP contribution in [0.5, 0.6) is 0 Å². The van der Waals surface area contributed by atoms with E-state index in [1.54, 1.807) is 0 Å². The molecule has 3 nitrogen and oxygen atoms in total. The van der Waals surface area contributed by atoms with Crippen LogP contribution in [-0.2, 0) is 4.74 Å². The summed E-state index contributed by atoms with van der Waals surface area (Å²) in [5.41, 5.74) is 5.97. The molecule has 2 atom stereocenters. The molecule has 17 heavy (non-hydrogen) atoms. The lowest BCUT2D eigenvalue weighted by Crippen LogP contribution is -2.50. The van der Waals surface area contributed by atoms with Crippen molar-refractivity contribution in [2.45, 2.75) is 64.1 Å². The van der Waals surface area contributed by atoms with Gasteiger partial charge in [0.05, 0.1) is 12.7 Å². The third kappa shape index (κ3) is 3.67. The largest absolute Gasteiger partial charge is 0.376 e. The van der Waals surface area contributed by atoms with E-state index in [4.69, 9.17) is 10.5 Å². The number of nitrogens with zero attached hydrogens (tertiary/aromatic N) is 1. The number of hydrogen-bond acceptors (Lipinski definition) is 3. The molecule has 2 N–H and O–H groups in total. The van der Waals surface area contributed by atoms with Gasteiger partial charge in [0.15, 0.2) is 0 Å². The van der Waals surface area contributed by atoms with E-state index in [1.165, 1.54) is 38.6 Å². The van der Waals surface area contributed by atoms with Gasteiger partial charge in [-0.15, -0.1) is 0 Å². The van der Waals surface area contributed by atoms with Crippen LogP contribution in [-0.4, -0.2) is 42.8 Å². The molecule has 1 saturated carbocycles. The Kier molecular flexibility index (Phi) is 4.83. The molecule has 3 heteroatoms. The Balaban J connectivity index is 1.83. The molecule has 100 valence electrons. The summed E-state index contributed by atoms with van der Waals surface area (Å²) in [5.74, 6) is 0.870. The Labute approximate surface area is 106 Å². The third-order valence-corrected chi connectivity index (χ3v) is 4.44. The summed E-state index contributed by atoms with van der Waals surface area (Å²) < 4.78 is 5.76. The van der Waals surface area contributed by atoms with Crippen molar-refractivity contribution in [2.24, 2.45) is 11.7 Å². The van der Waals surface area contributed by atoms with Gasteiger partial charge in [0, 0.05) is 25.2 Å². The average molecular weight is 240 g/mol. The van der Waals surface area contributed by atoms with Crippen molar-refractivity contribution in [1.82, 2.24) is 4.90 Å². The lowest BCUT2D eigenvalue weighted by atomic mass is 9.85. The van der Waals surface area contributed by atoms with Gasteiger partial charge in [-0.2, -0.15) is 0 Å². The van der Waals surface area contributed by atoms with Crippen molar-refractivity contribution in [3.05, 3.63) is 0 Å². The minimum absolute atomic E-state index is 0.406. The monoisotopic (exact) mass is 240 g/mol. The summed E-state index contributed by atoms with van der Waals surface area (Å²) in [6.45, 7) is 7.76. The lowest BCUT2D eigenvalue weighted by molar-refractivity contribution is -0.0622. The number of nitrogens with two attached hydrogens (primary N) is 1. The minimum Gasteiger partial charge on any atom is -0.376 e. The molecule has 0 aromatic carbocycles. The molecule has 0 aromatic heterocycles. The van der Waals surface area contributed by atoms with E-state index in [1.807, 2.05) is 0 Å². The summed E-state index contributed by atoms with van der Waals surface area (Å²) in [6, 6.07) is 1.11. The Hall–Kier alpha value is -0.120. The van der Waals surface area contributed by atoms with E-state index >= 15 is 0 Å². The van der Waals surface area contributed by atoms with Gasteiger partial charge in [-0.05, 0) is 44.9 Å². The predicted octanol–water partition coefficient (Wildman–Crippen LogP) is 2.00. The SMILES string of the molecule is CCC1COC(C)CN1CC1CCC(N)CC1. The highest BCUT2D eigenvalue weighted by molar-refractivity contribution is 4.82. The fraction of sp³-hybridized carbons (Fsp3) is 1.00. The van der Waals surface area contributed by atoms with Crippen molar-refractivity contribution in [3.8, 4) is 0 Å². The smallest absolute Gasteiger partial charge is 0.0674 e. The summed E-state index contributed by atoms with van der Waals surface area (Å²) in [7, 11) is 0. The molecule has 1 aliphatic carbocycles. The topological polar surface area (TPSA) is 38.5 Å². The van der Waals surface area contributed by atoms with E-state index in [2.05, 4.69) is 18.7 Å². The van der Waals surface area contributed by atoms with Crippen LogP contribution in [0.4, 0.5) is 0 Å². The zero-order valence-electron chi connectivity index (χ0n) is 11.4. The summed E-state index contributed by atoms with van der Waals surface area (Å²) in [5, 5.41) is 0. The minimum atomic E-state index is 0.406. The maximum Gasteiger partial charge on any atom is 0.0674 e. The summed E-state index contributed by atoms with van der Waals surface area (Å²) in [6.07, 6.45) is 6.71. The molecule has 2 unspecified atom stereocenters. The molecule has 2 aliphatic rings. The molecule has 2 fully saturated rings. The van der Waals surface area contributed by atoms with Crippen molar-refractivity contribution in [2.75, 3.05) is 19.7 Å². The molecule has 0 radical (unpaired) electrons. The normalized spacial score (nSPS) is 40.4. The molecule has 1 saturated heterocycles. The Bertz CT molecular complexity index is 226. The first-order chi connectivity index (χ1) is 8.19. The van der Waals surface area contributed by atoms with Gasteiger partial charge in [0.2, 0.25) is 0 Å². The third-order valence-electron chi connectivity index (χ3n) is 4.44.